The van der Waals surface area contributed by atoms with E-state index in [1.165, 1.54) is 18.4 Å². The molecule has 0 bridgehead atoms. The molecule has 32 heavy (non-hydrogen) atoms. The van der Waals surface area contributed by atoms with Crippen molar-refractivity contribution in [2.45, 2.75) is 44.8 Å². The average Bonchev–Trinajstić information content (AvgIpc) is 3.30. The number of ether oxygens (including phenoxy) is 1. The van der Waals surface area contributed by atoms with Crippen molar-refractivity contribution >= 4 is 29.1 Å². The fourth-order valence-corrected chi connectivity index (χ4v) is 4.63. The number of benzene rings is 2. The van der Waals surface area contributed by atoms with E-state index >= 15 is 0 Å². The second-order valence-electron chi connectivity index (χ2n) is 8.90. The third-order valence-electron chi connectivity index (χ3n) is 6.16. The maximum absolute atomic E-state index is 13.0. The van der Waals surface area contributed by atoms with Gasteiger partial charge < -0.3 is 15.0 Å². The van der Waals surface area contributed by atoms with Crippen LogP contribution in [0.5, 0.6) is 5.75 Å². The summed E-state index contributed by atoms with van der Waals surface area (Å²) in [7, 11) is 0. The molecule has 1 fully saturated rings. The van der Waals surface area contributed by atoms with E-state index in [1.54, 1.807) is 36.9 Å². The lowest BCUT2D eigenvalue weighted by atomic mass is 10.0. The Kier molecular flexibility index (Phi) is 6.72. The first-order chi connectivity index (χ1) is 15.3. The summed E-state index contributed by atoms with van der Waals surface area (Å²) < 4.78 is 5.85. The average molecular weight is 456 g/mol. The predicted octanol–water partition coefficient (Wildman–Crippen LogP) is 4.19. The molecule has 2 aromatic rings. The molecule has 1 atom stereocenters. The number of anilines is 1. The molecule has 4 rings (SSSR count). The van der Waals surface area contributed by atoms with Crippen LogP contribution in [0, 0.1) is 0 Å². The summed E-state index contributed by atoms with van der Waals surface area (Å²) in [6.45, 7) is 6.38. The van der Waals surface area contributed by atoms with Gasteiger partial charge in [0.2, 0.25) is 5.91 Å². The van der Waals surface area contributed by atoms with Gasteiger partial charge in [-0.05, 0) is 63.5 Å². The number of nitrogens with one attached hydrogen (secondary N) is 1. The first-order valence-corrected chi connectivity index (χ1v) is 11.6. The Labute approximate surface area is 194 Å². The maximum Gasteiger partial charge on any atom is 0.270 e. The topological polar surface area (TPSA) is 61.9 Å². The summed E-state index contributed by atoms with van der Waals surface area (Å²) in [6, 6.07) is 15.7. The van der Waals surface area contributed by atoms with Crippen molar-refractivity contribution in [3.8, 4) is 5.75 Å². The van der Waals surface area contributed by atoms with Crippen LogP contribution in [0.25, 0.3) is 0 Å². The molecule has 0 spiro atoms. The Morgan fingerprint density at radius 3 is 2.59 bits per heavy atom. The Morgan fingerprint density at radius 1 is 1.16 bits per heavy atom. The summed E-state index contributed by atoms with van der Waals surface area (Å²) in [5, 5.41) is 3.61. The monoisotopic (exact) mass is 455 g/mol. The zero-order valence-corrected chi connectivity index (χ0v) is 19.4. The highest BCUT2D eigenvalue weighted by Gasteiger charge is 2.41. The first kappa shape index (κ1) is 22.6. The SMILES string of the molecule is CC1(C)Oc2ccc(Cl)cc2N(CCC(=O)NCC(c2ccccc2)N2CCCC2)C1=O. The van der Waals surface area contributed by atoms with Crippen molar-refractivity contribution < 1.29 is 14.3 Å². The molecule has 0 aromatic heterocycles. The van der Waals surface area contributed by atoms with Gasteiger partial charge in [-0.1, -0.05) is 41.9 Å². The molecule has 2 heterocycles. The number of rotatable bonds is 7. The number of carbonyl (C=O) groups excluding carboxylic acids is 2. The van der Waals surface area contributed by atoms with Gasteiger partial charge in [-0.3, -0.25) is 14.5 Å². The van der Waals surface area contributed by atoms with Crippen LogP contribution in [0.15, 0.2) is 48.5 Å². The molecule has 1 unspecified atom stereocenters. The number of halogens is 1. The molecule has 1 N–H and O–H groups in total. The smallest absolute Gasteiger partial charge is 0.270 e. The highest BCUT2D eigenvalue weighted by Crippen LogP contribution is 2.39. The van der Waals surface area contributed by atoms with Crippen LogP contribution in [0.2, 0.25) is 5.02 Å². The summed E-state index contributed by atoms with van der Waals surface area (Å²) in [5.41, 5.74) is 0.822. The van der Waals surface area contributed by atoms with E-state index in [1.807, 2.05) is 18.2 Å². The van der Waals surface area contributed by atoms with Crippen LogP contribution in [-0.2, 0) is 9.59 Å². The highest BCUT2D eigenvalue weighted by atomic mass is 35.5. The summed E-state index contributed by atoms with van der Waals surface area (Å²) >= 11 is 6.15. The predicted molar refractivity (Wildman–Crippen MR) is 126 cm³/mol. The van der Waals surface area contributed by atoms with Crippen molar-refractivity contribution in [1.82, 2.24) is 10.2 Å². The first-order valence-electron chi connectivity index (χ1n) is 11.2. The number of hydrogen-bond donors (Lipinski definition) is 1. The lowest BCUT2D eigenvalue weighted by Crippen LogP contribution is -2.53. The number of carbonyl (C=O) groups is 2. The second kappa shape index (κ2) is 9.51. The van der Waals surface area contributed by atoms with Gasteiger partial charge in [0, 0.05) is 24.5 Å². The third-order valence-corrected chi connectivity index (χ3v) is 6.39. The Morgan fingerprint density at radius 2 is 1.88 bits per heavy atom. The molecule has 170 valence electrons. The fraction of sp³-hybridized carbons (Fsp3) is 0.440. The van der Waals surface area contributed by atoms with E-state index < -0.39 is 5.60 Å². The van der Waals surface area contributed by atoms with Gasteiger partial charge in [-0.25, -0.2) is 0 Å². The van der Waals surface area contributed by atoms with Crippen molar-refractivity contribution in [2.24, 2.45) is 0 Å². The summed E-state index contributed by atoms with van der Waals surface area (Å²) in [4.78, 5) is 29.8. The van der Waals surface area contributed by atoms with E-state index in [9.17, 15) is 9.59 Å². The molecule has 6 nitrogen and oxygen atoms in total. The zero-order chi connectivity index (χ0) is 22.7. The third kappa shape index (κ3) is 4.92. The molecule has 1 saturated heterocycles. The summed E-state index contributed by atoms with van der Waals surface area (Å²) in [6.07, 6.45) is 2.58. The molecular weight excluding hydrogens is 426 g/mol. The van der Waals surface area contributed by atoms with E-state index in [2.05, 4.69) is 22.3 Å². The minimum atomic E-state index is -0.995. The molecule has 2 aliphatic heterocycles. The minimum Gasteiger partial charge on any atom is -0.476 e. The number of fused-ring (bicyclic) bond motifs is 1. The number of amides is 2. The van der Waals surface area contributed by atoms with Crippen LogP contribution in [-0.4, -0.2) is 48.5 Å². The van der Waals surface area contributed by atoms with Crippen molar-refractivity contribution in [1.29, 1.82) is 0 Å². The maximum atomic E-state index is 13.0. The molecule has 2 aliphatic rings. The molecule has 0 saturated carbocycles. The Bertz CT molecular complexity index is 974. The lowest BCUT2D eigenvalue weighted by Gasteiger charge is -2.38. The minimum absolute atomic E-state index is 0.0780. The van der Waals surface area contributed by atoms with Gasteiger partial charge in [-0.15, -0.1) is 0 Å². The number of nitrogens with zero attached hydrogens (tertiary/aromatic N) is 2. The standard InChI is InChI=1S/C25H30ClN3O3/c1-25(2)24(31)29(20-16-19(26)10-11-22(20)32-25)15-12-23(30)27-17-21(28-13-6-7-14-28)18-8-4-3-5-9-18/h3-5,8-11,16,21H,6-7,12-15,17H2,1-2H3,(H,27,30). The van der Waals surface area contributed by atoms with E-state index in [0.717, 1.165) is 13.1 Å². The molecule has 2 amide bonds. The molecule has 0 radical (unpaired) electrons. The van der Waals surface area contributed by atoms with Crippen molar-refractivity contribution in [2.75, 3.05) is 31.1 Å². The number of hydrogen-bond acceptors (Lipinski definition) is 4. The van der Waals surface area contributed by atoms with Gasteiger partial charge >= 0.3 is 0 Å². The zero-order valence-electron chi connectivity index (χ0n) is 18.6. The van der Waals surface area contributed by atoms with Gasteiger partial charge in [0.15, 0.2) is 5.60 Å². The van der Waals surface area contributed by atoms with Gasteiger partial charge in [0.25, 0.3) is 5.91 Å². The molecule has 0 aliphatic carbocycles. The van der Waals surface area contributed by atoms with E-state index in [4.69, 9.17) is 16.3 Å². The van der Waals surface area contributed by atoms with Gasteiger partial charge in [0.05, 0.1) is 11.7 Å². The second-order valence-corrected chi connectivity index (χ2v) is 9.34. The van der Waals surface area contributed by atoms with Crippen LogP contribution < -0.4 is 15.0 Å². The van der Waals surface area contributed by atoms with E-state index in [0.29, 0.717) is 23.0 Å². The Hall–Kier alpha value is -2.57. The quantitative estimate of drug-likeness (QED) is 0.680. The molecular formula is C25H30ClN3O3. The Balaban J connectivity index is 1.41. The lowest BCUT2D eigenvalue weighted by molar-refractivity contribution is -0.132. The largest absolute Gasteiger partial charge is 0.476 e. The van der Waals surface area contributed by atoms with Crippen LogP contribution >= 0.6 is 11.6 Å². The fourth-order valence-electron chi connectivity index (χ4n) is 4.46. The molecule has 2 aromatic carbocycles. The van der Waals surface area contributed by atoms with Gasteiger partial charge in [0.1, 0.15) is 5.75 Å². The van der Waals surface area contributed by atoms with Crippen LogP contribution in [0.3, 0.4) is 0 Å². The summed E-state index contributed by atoms with van der Waals surface area (Å²) in [5.74, 6) is 0.336. The molecule has 7 heteroatoms. The number of likely N-dealkylation sites (tertiary alicyclic amines) is 1. The highest BCUT2D eigenvalue weighted by molar-refractivity contribution is 6.31. The van der Waals surface area contributed by atoms with E-state index in [-0.39, 0.29) is 30.8 Å². The van der Waals surface area contributed by atoms with Crippen LogP contribution in [0.4, 0.5) is 5.69 Å². The van der Waals surface area contributed by atoms with Crippen LogP contribution in [0.1, 0.15) is 44.7 Å². The van der Waals surface area contributed by atoms with Gasteiger partial charge in [-0.2, -0.15) is 0 Å². The normalized spacial score (nSPS) is 18.7. The van der Waals surface area contributed by atoms with Crippen molar-refractivity contribution in [3.05, 3.63) is 59.1 Å². The van der Waals surface area contributed by atoms with Crippen molar-refractivity contribution in [3.63, 3.8) is 0 Å².